The van der Waals surface area contributed by atoms with Gasteiger partial charge < -0.3 is 15.0 Å². The Bertz CT molecular complexity index is 1110. The maximum atomic E-state index is 13.8. The van der Waals surface area contributed by atoms with Crippen molar-refractivity contribution >= 4 is 40.9 Å². The van der Waals surface area contributed by atoms with Gasteiger partial charge in [-0.25, -0.2) is 9.18 Å². The van der Waals surface area contributed by atoms with Crippen molar-refractivity contribution in [2.75, 3.05) is 20.2 Å². The number of imide groups is 1. The number of aryl methyl sites for hydroxylation is 1. The Kier molecular flexibility index (Phi) is 6.59. The zero-order chi connectivity index (χ0) is 22.7. The number of aromatic nitrogens is 1. The van der Waals surface area contributed by atoms with E-state index < -0.39 is 28.8 Å². The molecule has 3 rings (SSSR count). The first-order chi connectivity index (χ1) is 14.7. The highest BCUT2D eigenvalue weighted by atomic mass is 32.2. The second-order valence-electron chi connectivity index (χ2n) is 6.73. The molecule has 0 atom stereocenters. The average molecular weight is 445 g/mol. The summed E-state index contributed by atoms with van der Waals surface area (Å²) in [6.07, 6.45) is 1.33. The number of esters is 1. The van der Waals surface area contributed by atoms with Gasteiger partial charge in [0.05, 0.1) is 17.6 Å². The number of methoxy groups -OCH3 is 1. The SMILES string of the molecule is COC(=O)c1c(C)[nH]c(C(=O)NCCN2C(=O)S/C(=C\c3ccccc3F)C2=O)c1C. The van der Waals surface area contributed by atoms with Crippen molar-refractivity contribution in [1.29, 1.82) is 0 Å². The largest absolute Gasteiger partial charge is 0.465 e. The minimum absolute atomic E-state index is 0.00885. The van der Waals surface area contributed by atoms with Gasteiger partial charge in [0.2, 0.25) is 0 Å². The van der Waals surface area contributed by atoms with Gasteiger partial charge in [-0.05, 0) is 43.3 Å². The first-order valence-electron chi connectivity index (χ1n) is 9.30. The molecule has 1 saturated heterocycles. The van der Waals surface area contributed by atoms with Gasteiger partial charge >= 0.3 is 5.97 Å². The van der Waals surface area contributed by atoms with E-state index in [1.165, 1.54) is 31.4 Å². The molecule has 8 nitrogen and oxygen atoms in total. The fraction of sp³-hybridized carbons (Fsp3) is 0.238. The molecule has 162 valence electrons. The van der Waals surface area contributed by atoms with E-state index in [1.807, 2.05) is 0 Å². The number of hydrogen-bond donors (Lipinski definition) is 2. The fourth-order valence-electron chi connectivity index (χ4n) is 3.18. The molecule has 1 aromatic heterocycles. The van der Waals surface area contributed by atoms with E-state index in [1.54, 1.807) is 19.9 Å². The van der Waals surface area contributed by atoms with Crippen LogP contribution in [0.1, 0.15) is 37.7 Å². The van der Waals surface area contributed by atoms with Crippen molar-refractivity contribution in [3.05, 3.63) is 63.1 Å². The standard InChI is InChI=1S/C21H20FN3O5S/c1-11-16(20(28)30-3)12(2)24-17(11)18(26)23-8-9-25-19(27)15(31-21(25)29)10-13-6-4-5-7-14(13)22/h4-7,10,24H,8-9H2,1-3H3,(H,23,26)/b15-10-. The molecular weight excluding hydrogens is 425 g/mol. The Morgan fingerprint density at radius 3 is 2.65 bits per heavy atom. The number of carbonyl (C=O) groups is 4. The van der Waals surface area contributed by atoms with Gasteiger partial charge in [0.25, 0.3) is 17.1 Å². The lowest BCUT2D eigenvalue weighted by Gasteiger charge is -2.13. The number of rotatable bonds is 6. The Morgan fingerprint density at radius 1 is 1.26 bits per heavy atom. The van der Waals surface area contributed by atoms with Gasteiger partial charge in [-0.15, -0.1) is 0 Å². The van der Waals surface area contributed by atoms with Crippen LogP contribution in [0, 0.1) is 19.7 Å². The molecule has 0 unspecified atom stereocenters. The molecule has 3 amide bonds. The van der Waals surface area contributed by atoms with Gasteiger partial charge in [-0.3, -0.25) is 19.3 Å². The third-order valence-corrected chi connectivity index (χ3v) is 5.65. The van der Waals surface area contributed by atoms with Crippen LogP contribution < -0.4 is 5.32 Å². The molecule has 0 spiro atoms. The van der Waals surface area contributed by atoms with Crippen LogP contribution in [-0.4, -0.2) is 53.1 Å². The number of nitrogens with one attached hydrogen (secondary N) is 2. The molecule has 2 N–H and O–H groups in total. The maximum absolute atomic E-state index is 13.8. The molecule has 0 aliphatic carbocycles. The van der Waals surface area contributed by atoms with Crippen molar-refractivity contribution in [2.24, 2.45) is 0 Å². The molecule has 10 heteroatoms. The van der Waals surface area contributed by atoms with Gasteiger partial charge in [-0.2, -0.15) is 0 Å². The van der Waals surface area contributed by atoms with Crippen LogP contribution in [0.3, 0.4) is 0 Å². The summed E-state index contributed by atoms with van der Waals surface area (Å²) < 4.78 is 18.5. The minimum atomic E-state index is -0.551. The number of thioether (sulfide) groups is 1. The van der Waals surface area contributed by atoms with E-state index in [2.05, 4.69) is 10.3 Å². The highest BCUT2D eigenvalue weighted by molar-refractivity contribution is 8.18. The van der Waals surface area contributed by atoms with E-state index in [0.717, 1.165) is 4.90 Å². The number of ether oxygens (including phenoxy) is 1. The lowest BCUT2D eigenvalue weighted by molar-refractivity contribution is -0.122. The van der Waals surface area contributed by atoms with Gasteiger partial charge in [-0.1, -0.05) is 18.2 Å². The normalized spacial score (nSPS) is 15.0. The van der Waals surface area contributed by atoms with Crippen LogP contribution >= 0.6 is 11.8 Å². The predicted octanol–water partition coefficient (Wildman–Crippen LogP) is 3.02. The summed E-state index contributed by atoms with van der Waals surface area (Å²) in [6, 6.07) is 5.93. The summed E-state index contributed by atoms with van der Waals surface area (Å²) in [4.78, 5) is 53.0. The summed E-state index contributed by atoms with van der Waals surface area (Å²) in [6.45, 7) is 3.23. The van der Waals surface area contributed by atoms with Crippen LogP contribution in [0.5, 0.6) is 0 Å². The Balaban J connectivity index is 1.64. The molecule has 1 aliphatic rings. The Hall–Kier alpha value is -3.40. The van der Waals surface area contributed by atoms with Crippen LogP contribution in [0.4, 0.5) is 9.18 Å². The highest BCUT2D eigenvalue weighted by Gasteiger charge is 2.35. The van der Waals surface area contributed by atoms with Gasteiger partial charge in [0.15, 0.2) is 0 Å². The van der Waals surface area contributed by atoms with Crippen molar-refractivity contribution in [2.45, 2.75) is 13.8 Å². The molecule has 31 heavy (non-hydrogen) atoms. The Labute approximate surface area is 181 Å². The summed E-state index contributed by atoms with van der Waals surface area (Å²) in [7, 11) is 1.25. The molecule has 1 aromatic carbocycles. The van der Waals surface area contributed by atoms with E-state index in [0.29, 0.717) is 23.0 Å². The number of benzene rings is 1. The zero-order valence-electron chi connectivity index (χ0n) is 17.1. The monoisotopic (exact) mass is 445 g/mol. The Morgan fingerprint density at radius 2 is 1.97 bits per heavy atom. The lowest BCUT2D eigenvalue weighted by Crippen LogP contribution is -2.37. The fourth-order valence-corrected chi connectivity index (χ4v) is 4.04. The third-order valence-electron chi connectivity index (χ3n) is 4.74. The molecular formula is C21H20FN3O5S. The van der Waals surface area contributed by atoms with Crippen molar-refractivity contribution in [3.8, 4) is 0 Å². The summed E-state index contributed by atoms with van der Waals surface area (Å²) in [5.74, 6) is -2.08. The molecule has 0 radical (unpaired) electrons. The molecule has 1 fully saturated rings. The zero-order valence-corrected chi connectivity index (χ0v) is 17.9. The van der Waals surface area contributed by atoms with Crippen molar-refractivity contribution in [1.82, 2.24) is 15.2 Å². The average Bonchev–Trinajstić information content (AvgIpc) is 3.18. The number of amides is 3. The van der Waals surface area contributed by atoms with E-state index in [4.69, 9.17) is 4.74 Å². The minimum Gasteiger partial charge on any atom is -0.465 e. The molecule has 2 heterocycles. The van der Waals surface area contributed by atoms with Crippen LogP contribution in [0.2, 0.25) is 0 Å². The number of hydrogen-bond acceptors (Lipinski definition) is 6. The van der Waals surface area contributed by atoms with E-state index in [9.17, 15) is 23.6 Å². The second kappa shape index (κ2) is 9.17. The maximum Gasteiger partial charge on any atom is 0.339 e. The number of halogens is 1. The highest BCUT2D eigenvalue weighted by Crippen LogP contribution is 2.32. The summed E-state index contributed by atoms with van der Waals surface area (Å²) in [5, 5.41) is 2.12. The van der Waals surface area contributed by atoms with E-state index >= 15 is 0 Å². The van der Waals surface area contributed by atoms with Crippen LogP contribution in [-0.2, 0) is 9.53 Å². The quantitative estimate of drug-likeness (QED) is 0.523. The topological polar surface area (TPSA) is 109 Å². The first kappa shape index (κ1) is 22.3. The second-order valence-corrected chi connectivity index (χ2v) is 7.72. The smallest absolute Gasteiger partial charge is 0.339 e. The lowest BCUT2D eigenvalue weighted by atomic mass is 10.1. The number of aromatic amines is 1. The molecule has 1 aliphatic heterocycles. The first-order valence-corrected chi connectivity index (χ1v) is 10.1. The van der Waals surface area contributed by atoms with E-state index in [-0.39, 0.29) is 34.8 Å². The number of carbonyl (C=O) groups excluding carboxylic acids is 4. The summed E-state index contributed by atoms with van der Waals surface area (Å²) >= 11 is 0.716. The third kappa shape index (κ3) is 4.53. The number of H-pyrrole nitrogens is 1. The van der Waals surface area contributed by atoms with Gasteiger partial charge in [0.1, 0.15) is 11.5 Å². The molecule has 0 bridgehead atoms. The van der Waals surface area contributed by atoms with Crippen LogP contribution in [0.15, 0.2) is 29.2 Å². The predicted molar refractivity (Wildman–Crippen MR) is 113 cm³/mol. The molecule has 0 saturated carbocycles. The van der Waals surface area contributed by atoms with Crippen LogP contribution in [0.25, 0.3) is 6.08 Å². The van der Waals surface area contributed by atoms with Crippen molar-refractivity contribution in [3.63, 3.8) is 0 Å². The van der Waals surface area contributed by atoms with Gasteiger partial charge in [0, 0.05) is 24.3 Å². The number of nitrogens with zero attached hydrogens (tertiary/aromatic N) is 1. The summed E-state index contributed by atoms with van der Waals surface area (Å²) in [5.41, 5.74) is 1.64. The van der Waals surface area contributed by atoms with Crippen molar-refractivity contribution < 1.29 is 28.3 Å². The molecule has 2 aromatic rings.